The van der Waals surface area contributed by atoms with Gasteiger partial charge in [0, 0.05) is 17.9 Å². The van der Waals surface area contributed by atoms with Crippen LogP contribution in [0.15, 0.2) is 155 Å². The fourth-order valence-corrected chi connectivity index (χ4v) is 10.0. The maximum atomic E-state index is 14.3. The topological polar surface area (TPSA) is 271 Å². The summed E-state index contributed by atoms with van der Waals surface area (Å²) in [4.78, 5) is 84.4. The summed E-state index contributed by atoms with van der Waals surface area (Å²) in [6.07, 6.45) is 0.0665. The number of carbonyl (C=O) groups is 4. The van der Waals surface area contributed by atoms with Gasteiger partial charge in [-0.15, -0.1) is 16.4 Å². The molecule has 82 heavy (non-hydrogen) atoms. The van der Waals surface area contributed by atoms with Crippen LogP contribution in [-0.2, 0) is 63.5 Å². The summed E-state index contributed by atoms with van der Waals surface area (Å²) in [5.41, 5.74) is -0.767. The van der Waals surface area contributed by atoms with Gasteiger partial charge in [0.05, 0.1) is 49.8 Å². The lowest BCUT2D eigenvalue weighted by Gasteiger charge is -2.43. The number of amides is 2. The number of benzene rings is 4. The van der Waals surface area contributed by atoms with Gasteiger partial charge in [0.25, 0.3) is 0 Å². The second kappa shape index (κ2) is 25.1. The maximum Gasteiger partial charge on any atom is 0.413 e. The number of rotatable bonds is 23. The average Bonchev–Trinajstić information content (AvgIpc) is 4.22. The smallest absolute Gasteiger partial charge is 0.413 e. The van der Waals surface area contributed by atoms with Crippen LogP contribution in [0.2, 0.25) is 0 Å². The van der Waals surface area contributed by atoms with Crippen molar-refractivity contribution < 1.29 is 60.8 Å². The lowest BCUT2D eigenvalue weighted by molar-refractivity contribution is -0.179. The first-order valence-corrected chi connectivity index (χ1v) is 28.1. The van der Waals surface area contributed by atoms with Crippen molar-refractivity contribution in [3.05, 3.63) is 195 Å². The van der Waals surface area contributed by atoms with E-state index in [1.54, 1.807) is 41.5 Å². The molecule has 0 bridgehead atoms. The van der Waals surface area contributed by atoms with E-state index in [2.05, 4.69) is 25.8 Å². The number of ketones is 1. The van der Waals surface area contributed by atoms with E-state index in [0.717, 1.165) is 33.6 Å². The van der Waals surface area contributed by atoms with Crippen LogP contribution in [0.1, 0.15) is 113 Å². The van der Waals surface area contributed by atoms with E-state index in [4.69, 9.17) is 28.6 Å². The lowest BCUT2D eigenvalue weighted by Crippen LogP contribution is -2.64. The molecule has 1 aliphatic heterocycles. The lowest BCUT2D eigenvalue weighted by atomic mass is 9.84. The predicted octanol–water partition coefficient (Wildman–Crippen LogP) is 8.48. The number of nitrogens with zero attached hydrogens (tertiary/aromatic N) is 7. The van der Waals surface area contributed by atoms with E-state index in [1.807, 2.05) is 121 Å². The molecule has 0 spiro atoms. The van der Waals surface area contributed by atoms with Gasteiger partial charge >= 0.3 is 22.4 Å². The van der Waals surface area contributed by atoms with Crippen molar-refractivity contribution in [2.45, 2.75) is 117 Å². The summed E-state index contributed by atoms with van der Waals surface area (Å²) in [6, 6.07) is 38.1. The number of aromatic nitrogens is 5. The Morgan fingerprint density at radius 2 is 1.30 bits per heavy atom. The molecule has 7 aromatic rings. The molecule has 1 aliphatic rings. The van der Waals surface area contributed by atoms with Crippen molar-refractivity contribution in [1.29, 1.82) is 0 Å². The molecule has 24 heteroatoms. The summed E-state index contributed by atoms with van der Waals surface area (Å²) in [5.74, 6) is -4.19. The van der Waals surface area contributed by atoms with E-state index in [-0.39, 0.29) is 46.3 Å². The molecule has 2 N–H and O–H groups in total. The third-order valence-corrected chi connectivity index (χ3v) is 13.9. The molecule has 1 fully saturated rings. The fraction of sp³-hybridized carbons (Fsp3) is 0.328. The third kappa shape index (κ3) is 15.4. The van der Waals surface area contributed by atoms with Crippen LogP contribution in [0, 0.1) is 5.92 Å². The van der Waals surface area contributed by atoms with Crippen LogP contribution < -0.4 is 20.3 Å². The van der Waals surface area contributed by atoms with Crippen molar-refractivity contribution in [2.75, 3.05) is 5.32 Å². The highest BCUT2D eigenvalue weighted by molar-refractivity contribution is 7.84. The summed E-state index contributed by atoms with van der Waals surface area (Å²) >= 11 is 0.905. The van der Waals surface area contributed by atoms with Gasteiger partial charge in [-0.2, -0.15) is 13.1 Å². The number of hydrogen-bond donors (Lipinski definition) is 2. The highest BCUT2D eigenvalue weighted by Crippen LogP contribution is 2.35. The molecular formula is C58H62N8O14S2. The number of hydrogen-bond acceptors (Lipinski definition) is 18. The Bertz CT molecular complexity index is 3500. The second-order valence-corrected chi connectivity index (χ2v) is 23.6. The minimum absolute atomic E-state index is 0.000961. The molecule has 8 rings (SSSR count). The van der Waals surface area contributed by atoms with Gasteiger partial charge in [0.2, 0.25) is 16.9 Å². The number of thiazole rings is 1. The van der Waals surface area contributed by atoms with E-state index >= 15 is 0 Å². The van der Waals surface area contributed by atoms with E-state index in [9.17, 15) is 36.9 Å². The van der Waals surface area contributed by atoms with Gasteiger partial charge in [0.1, 0.15) is 28.7 Å². The van der Waals surface area contributed by atoms with Crippen LogP contribution in [-0.4, -0.2) is 94.3 Å². The Balaban J connectivity index is 1.02. The number of oxime groups is 1. The molecule has 0 saturated carbocycles. The zero-order valence-electron chi connectivity index (χ0n) is 46.2. The van der Waals surface area contributed by atoms with Crippen LogP contribution in [0.3, 0.4) is 0 Å². The standard InChI is InChI=1S/C58H62N8O14S2/c1-56(2,3)77-53(70)58(7,8)80-62-49(44-36-81-54(59-44)60-55(71)78-57(4,5)6)47(68)30-43-45(66(52(43)69)82(72,73)74)32-64-31-41(61-63-64)34-75-35-42-29-46(67)48(76-50(37-21-13-9-14-22-37)38-23-15-10-16-24-38)33-65(42)79-51(39-25-17-11-18-26-39)40-27-19-12-20-28-40/h9-29,31,33,36,43,45,50-51H,30,32,34-35H2,1-8H3,(H,59,60,71)(H,72,73,74)/b62-49-/t43-,45+/m0/s1. The zero-order valence-corrected chi connectivity index (χ0v) is 47.8. The fourth-order valence-electron chi connectivity index (χ4n) is 8.42. The summed E-state index contributed by atoms with van der Waals surface area (Å²) in [6.45, 7) is 11.9. The minimum Gasteiger partial charge on any atom is -0.475 e. The second-order valence-electron chi connectivity index (χ2n) is 21.5. The number of β-lactam (4-membered cyclic amide) rings is 1. The molecule has 4 aromatic carbocycles. The molecule has 2 amide bonds. The quantitative estimate of drug-likeness (QED) is 0.0200. The maximum absolute atomic E-state index is 14.3. The molecule has 0 aliphatic carbocycles. The largest absolute Gasteiger partial charge is 0.475 e. The SMILES string of the molecule is CC(C)(C)OC(=O)Nc1nc(/C(=N/OC(C)(C)C(=O)OC(C)(C)C)C(=O)C[C@@H]2C(=O)N(S(=O)(=O)O)[C@@H]2Cn2cc(COCc3cc(=O)c(OC(c4ccccc4)c4ccccc4)cn3OC(c3ccccc3)c3ccccc3)nn2)cs1. The first-order valence-electron chi connectivity index (χ1n) is 25.9. The van der Waals surface area contributed by atoms with Gasteiger partial charge in [0.15, 0.2) is 28.5 Å². The third-order valence-electron chi connectivity index (χ3n) is 12.2. The molecule has 430 valence electrons. The zero-order chi connectivity index (χ0) is 59.0. The highest BCUT2D eigenvalue weighted by atomic mass is 32.2. The van der Waals surface area contributed by atoms with Gasteiger partial charge in [-0.3, -0.25) is 28.9 Å². The van der Waals surface area contributed by atoms with Crippen molar-refractivity contribution >= 4 is 56.2 Å². The molecule has 4 heterocycles. The summed E-state index contributed by atoms with van der Waals surface area (Å²) in [5, 5.41) is 16.2. The van der Waals surface area contributed by atoms with Crippen molar-refractivity contribution in [1.82, 2.24) is 29.0 Å². The number of ether oxygens (including phenoxy) is 4. The summed E-state index contributed by atoms with van der Waals surface area (Å²) < 4.78 is 61.9. The first-order chi connectivity index (χ1) is 38.8. The van der Waals surface area contributed by atoms with Crippen molar-refractivity contribution in [3.8, 4) is 5.75 Å². The number of esters is 1. The van der Waals surface area contributed by atoms with Gasteiger partial charge in [-0.25, -0.2) is 18.9 Å². The van der Waals surface area contributed by atoms with Crippen LogP contribution >= 0.6 is 11.3 Å². The molecule has 0 unspecified atom stereocenters. The van der Waals surface area contributed by atoms with Crippen molar-refractivity contribution in [2.24, 2.45) is 11.1 Å². The van der Waals surface area contributed by atoms with Gasteiger partial charge in [-0.05, 0) is 77.6 Å². The molecule has 22 nitrogen and oxygen atoms in total. The summed E-state index contributed by atoms with van der Waals surface area (Å²) in [7, 11) is -5.16. The Hall–Kier alpha value is -8.58. The number of carbonyl (C=O) groups excluding carboxylic acids is 4. The monoisotopic (exact) mass is 1160 g/mol. The molecular weight excluding hydrogens is 1100 g/mol. The molecule has 2 atom stereocenters. The number of pyridine rings is 1. The van der Waals surface area contributed by atoms with Crippen molar-refractivity contribution in [3.63, 3.8) is 0 Å². The first kappa shape index (κ1) is 59.5. The average molecular weight is 1160 g/mol. The molecule has 1 saturated heterocycles. The Labute approximate surface area is 477 Å². The number of nitrogens with one attached hydrogen (secondary N) is 1. The van der Waals surface area contributed by atoms with E-state index < -0.39 is 92.6 Å². The van der Waals surface area contributed by atoms with Crippen LogP contribution in [0.5, 0.6) is 5.75 Å². The predicted molar refractivity (Wildman–Crippen MR) is 301 cm³/mol. The normalized spacial score (nSPS) is 15.0. The minimum atomic E-state index is -5.16. The Morgan fingerprint density at radius 3 is 1.84 bits per heavy atom. The highest BCUT2D eigenvalue weighted by Gasteiger charge is 2.54. The Morgan fingerprint density at radius 1 is 0.756 bits per heavy atom. The van der Waals surface area contributed by atoms with E-state index in [1.165, 1.54) is 47.1 Å². The van der Waals surface area contributed by atoms with Gasteiger partial charge in [-0.1, -0.05) is 132 Å². The number of anilines is 1. The number of Topliss-reactive ketones (excluding diaryl/α,β-unsaturated/α-hetero) is 1. The van der Waals surface area contributed by atoms with E-state index in [0.29, 0.717) is 5.69 Å². The van der Waals surface area contributed by atoms with Crippen LogP contribution in [0.4, 0.5) is 9.93 Å². The van der Waals surface area contributed by atoms with Gasteiger partial charge < -0.3 is 28.6 Å². The molecule has 0 radical (unpaired) electrons. The molecule has 3 aromatic heterocycles. The Kier molecular flexibility index (Phi) is 18.2. The van der Waals surface area contributed by atoms with Crippen LogP contribution in [0.25, 0.3) is 0 Å².